The number of likely N-dealkylation sites (tertiary alicyclic amines) is 1. The molecule has 0 radical (unpaired) electrons. The first-order valence-electron chi connectivity index (χ1n) is 12.1. The number of piperidine rings is 1. The monoisotopic (exact) mass is 503 g/mol. The first-order chi connectivity index (χ1) is 17.7. The van der Waals surface area contributed by atoms with Crippen LogP contribution < -0.4 is 5.32 Å². The van der Waals surface area contributed by atoms with E-state index < -0.39 is 11.8 Å². The van der Waals surface area contributed by atoms with Gasteiger partial charge in [-0.15, -0.1) is 0 Å². The summed E-state index contributed by atoms with van der Waals surface area (Å²) in [5, 5.41) is 7.84. The van der Waals surface area contributed by atoms with Crippen LogP contribution in [0.2, 0.25) is 0 Å². The Morgan fingerprint density at radius 3 is 2.70 bits per heavy atom. The molecule has 3 heterocycles. The molecule has 8 nitrogen and oxygen atoms in total. The topological polar surface area (TPSA) is 72.3 Å². The maximum absolute atomic E-state index is 14.9. The van der Waals surface area contributed by atoms with Crippen LogP contribution in [0, 0.1) is 32.2 Å². The van der Waals surface area contributed by atoms with E-state index >= 15 is 0 Å². The lowest BCUT2D eigenvalue weighted by molar-refractivity contribution is 0.0692. The largest absolute Gasteiger partial charge is 0.336 e. The quantitative estimate of drug-likeness (QED) is 0.410. The summed E-state index contributed by atoms with van der Waals surface area (Å²) >= 11 is 0. The lowest BCUT2D eigenvalue weighted by Crippen LogP contribution is -2.47. The standard InChI is InChI=1S/C27H27F2N7O/c1-15-11-19(13-20-23(15)33-34(5)25(20)29)36-16(2)24(27(37)35-10-6-7-18(14-35)30-3)32-26(36)17-8-9-22(31-4)21(28)12-17/h8-9,11-13,18,30H,6-7,10,14H2,1-3,5H3/t18-/m1/s1. The van der Waals surface area contributed by atoms with Crippen molar-refractivity contribution in [3.05, 3.63) is 70.5 Å². The van der Waals surface area contributed by atoms with Crippen LogP contribution in [-0.2, 0) is 7.05 Å². The Bertz CT molecular complexity index is 1580. The molecule has 4 aromatic rings. The second-order valence-electron chi connectivity index (χ2n) is 9.44. The molecular formula is C27H27F2N7O. The molecule has 1 fully saturated rings. The fourth-order valence-electron chi connectivity index (χ4n) is 5.05. The van der Waals surface area contributed by atoms with Crippen molar-refractivity contribution in [2.24, 2.45) is 7.05 Å². The maximum Gasteiger partial charge on any atom is 0.274 e. The molecule has 37 heavy (non-hydrogen) atoms. The Hall–Kier alpha value is -4.10. The van der Waals surface area contributed by atoms with Crippen molar-refractivity contribution in [3.8, 4) is 17.1 Å². The van der Waals surface area contributed by atoms with E-state index in [0.717, 1.165) is 18.4 Å². The third-order valence-electron chi connectivity index (χ3n) is 7.05. The Labute approximate surface area is 213 Å². The molecule has 0 spiro atoms. The van der Waals surface area contributed by atoms with Crippen molar-refractivity contribution in [2.45, 2.75) is 32.7 Å². The lowest BCUT2D eigenvalue weighted by Gasteiger charge is -2.32. The van der Waals surface area contributed by atoms with E-state index in [-0.39, 0.29) is 23.3 Å². The predicted molar refractivity (Wildman–Crippen MR) is 137 cm³/mol. The Morgan fingerprint density at radius 2 is 2.00 bits per heavy atom. The van der Waals surface area contributed by atoms with E-state index in [2.05, 4.69) is 15.3 Å². The molecule has 2 aromatic carbocycles. The molecule has 0 aliphatic carbocycles. The van der Waals surface area contributed by atoms with Crippen LogP contribution in [0.15, 0.2) is 30.3 Å². The zero-order valence-electron chi connectivity index (χ0n) is 21.1. The number of hydrogen-bond donors (Lipinski definition) is 1. The van der Waals surface area contributed by atoms with Crippen LogP contribution in [0.3, 0.4) is 0 Å². The number of fused-ring (bicyclic) bond motifs is 1. The number of benzene rings is 2. The van der Waals surface area contributed by atoms with Crippen LogP contribution >= 0.6 is 0 Å². The predicted octanol–water partition coefficient (Wildman–Crippen LogP) is 4.70. The number of nitrogens with zero attached hydrogens (tertiary/aromatic N) is 6. The van der Waals surface area contributed by atoms with E-state index in [1.807, 2.05) is 20.0 Å². The van der Waals surface area contributed by atoms with Crippen LogP contribution in [0.5, 0.6) is 0 Å². The number of halogens is 2. The van der Waals surface area contributed by atoms with Gasteiger partial charge in [-0.1, -0.05) is 12.1 Å². The fourth-order valence-corrected chi connectivity index (χ4v) is 5.05. The number of imidazole rings is 1. The first kappa shape index (κ1) is 24.6. The van der Waals surface area contributed by atoms with E-state index in [9.17, 15) is 13.6 Å². The Kier molecular flexibility index (Phi) is 6.25. The number of likely N-dealkylation sites (N-methyl/N-ethyl adjacent to an activating group) is 1. The molecule has 0 bridgehead atoms. The fraction of sp³-hybridized carbons (Fsp3) is 0.333. The summed E-state index contributed by atoms with van der Waals surface area (Å²) in [7, 11) is 3.42. The van der Waals surface area contributed by atoms with Gasteiger partial charge in [0.2, 0.25) is 11.6 Å². The molecule has 0 saturated carbocycles. The summed E-state index contributed by atoms with van der Waals surface area (Å²) in [6.45, 7) is 12.0. The average Bonchev–Trinajstić information content (AvgIpc) is 3.39. The molecule has 190 valence electrons. The first-order valence-corrected chi connectivity index (χ1v) is 12.1. The van der Waals surface area contributed by atoms with Crippen LogP contribution in [-0.4, -0.2) is 56.3 Å². The van der Waals surface area contributed by atoms with Gasteiger partial charge < -0.3 is 10.2 Å². The number of hydrogen-bond acceptors (Lipinski definition) is 4. The van der Waals surface area contributed by atoms with Crippen molar-refractivity contribution < 1.29 is 13.6 Å². The zero-order valence-corrected chi connectivity index (χ0v) is 21.1. The molecule has 1 atom stereocenters. The number of amides is 1. The number of aromatic nitrogens is 4. The van der Waals surface area contributed by atoms with Gasteiger partial charge in [-0.25, -0.2) is 18.9 Å². The summed E-state index contributed by atoms with van der Waals surface area (Å²) in [6.07, 6.45) is 1.87. The molecule has 2 aromatic heterocycles. The summed E-state index contributed by atoms with van der Waals surface area (Å²) < 4.78 is 32.4. The molecule has 10 heteroatoms. The Morgan fingerprint density at radius 1 is 1.22 bits per heavy atom. The normalized spacial score (nSPS) is 15.8. The van der Waals surface area contributed by atoms with Crippen LogP contribution in [0.4, 0.5) is 14.5 Å². The molecular weight excluding hydrogens is 476 g/mol. The van der Waals surface area contributed by atoms with Gasteiger partial charge in [0.15, 0.2) is 0 Å². The van der Waals surface area contributed by atoms with Crippen molar-refractivity contribution in [3.63, 3.8) is 0 Å². The van der Waals surface area contributed by atoms with E-state index in [0.29, 0.717) is 46.8 Å². The van der Waals surface area contributed by atoms with E-state index in [4.69, 9.17) is 11.6 Å². The second kappa shape index (κ2) is 9.41. The molecule has 1 aliphatic rings. The lowest BCUT2D eigenvalue weighted by atomic mass is 10.1. The van der Waals surface area contributed by atoms with E-state index in [1.54, 1.807) is 28.5 Å². The highest BCUT2D eigenvalue weighted by Crippen LogP contribution is 2.33. The van der Waals surface area contributed by atoms with Gasteiger partial charge >= 0.3 is 0 Å². The molecule has 5 rings (SSSR count). The van der Waals surface area contributed by atoms with Gasteiger partial charge in [-0.05, 0) is 57.5 Å². The zero-order chi connectivity index (χ0) is 26.4. The summed E-state index contributed by atoms with van der Waals surface area (Å²) in [4.78, 5) is 23.3. The van der Waals surface area contributed by atoms with Crippen molar-refractivity contribution in [2.75, 3.05) is 20.1 Å². The molecule has 1 amide bonds. The van der Waals surface area contributed by atoms with Gasteiger partial charge in [0.05, 0.1) is 23.2 Å². The number of carbonyl (C=O) groups is 1. The Balaban J connectivity index is 1.71. The third kappa shape index (κ3) is 4.15. The minimum absolute atomic E-state index is 0.101. The number of rotatable bonds is 4. The highest BCUT2D eigenvalue weighted by molar-refractivity contribution is 5.95. The summed E-state index contributed by atoms with van der Waals surface area (Å²) in [5.41, 5.74) is 2.99. The minimum atomic E-state index is -0.676. The molecule has 1 aliphatic heterocycles. The van der Waals surface area contributed by atoms with Crippen LogP contribution in [0.25, 0.3) is 32.8 Å². The van der Waals surface area contributed by atoms with Crippen LogP contribution in [0.1, 0.15) is 34.6 Å². The smallest absolute Gasteiger partial charge is 0.274 e. The van der Waals surface area contributed by atoms with Gasteiger partial charge in [0.1, 0.15) is 17.3 Å². The highest BCUT2D eigenvalue weighted by Gasteiger charge is 2.29. The minimum Gasteiger partial charge on any atom is -0.336 e. The summed E-state index contributed by atoms with van der Waals surface area (Å²) in [6, 6.07) is 7.96. The molecule has 1 N–H and O–H groups in total. The van der Waals surface area contributed by atoms with Crippen molar-refractivity contribution >= 4 is 22.5 Å². The maximum atomic E-state index is 14.9. The van der Waals surface area contributed by atoms with Crippen molar-refractivity contribution in [1.29, 1.82) is 0 Å². The second-order valence-corrected chi connectivity index (χ2v) is 9.44. The molecule has 0 unspecified atom stereocenters. The highest BCUT2D eigenvalue weighted by atomic mass is 19.1. The average molecular weight is 504 g/mol. The van der Waals surface area contributed by atoms with Gasteiger partial charge in [-0.3, -0.25) is 9.36 Å². The summed E-state index contributed by atoms with van der Waals surface area (Å²) in [5.74, 6) is -1.03. The van der Waals surface area contributed by atoms with Crippen molar-refractivity contribution in [1.82, 2.24) is 29.5 Å². The van der Waals surface area contributed by atoms with Gasteiger partial charge in [0, 0.05) is 37.4 Å². The van der Waals surface area contributed by atoms with Gasteiger partial charge in [-0.2, -0.15) is 9.49 Å². The number of nitrogens with one attached hydrogen (secondary N) is 1. The van der Waals surface area contributed by atoms with E-state index in [1.165, 1.54) is 23.9 Å². The number of aryl methyl sites for hydroxylation is 2. The molecule has 1 saturated heterocycles. The SMILES string of the molecule is [C-]#[N+]c1ccc(-c2nc(C(=O)N3CCC[C@@H](NC)C3)c(C)n2-c2cc(C)c3nn(C)c(F)c3c2)cc1F. The van der Waals surface area contributed by atoms with Gasteiger partial charge in [0.25, 0.3) is 5.91 Å². The number of carbonyl (C=O) groups excluding carboxylic acids is 1. The third-order valence-corrected chi connectivity index (χ3v) is 7.05.